The van der Waals surface area contributed by atoms with Crippen LogP contribution in [0, 0.1) is 5.92 Å². The van der Waals surface area contributed by atoms with Gasteiger partial charge in [0, 0.05) is 12.3 Å². The summed E-state index contributed by atoms with van der Waals surface area (Å²) < 4.78 is 10.8. The number of benzene rings is 1. The lowest BCUT2D eigenvalue weighted by molar-refractivity contribution is -0.140. The lowest BCUT2D eigenvalue weighted by atomic mass is 10.0. The van der Waals surface area contributed by atoms with Gasteiger partial charge in [0.15, 0.2) is 0 Å². The molecule has 0 aliphatic carbocycles. The number of anilines is 1. The maximum absolute atomic E-state index is 12.9. The molecule has 2 amide bonds. The minimum atomic E-state index is -0.238. The van der Waals surface area contributed by atoms with Crippen LogP contribution in [-0.4, -0.2) is 36.0 Å². The maximum atomic E-state index is 12.9. The zero-order chi connectivity index (χ0) is 17.6. The Bertz CT molecular complexity index is 699. The van der Waals surface area contributed by atoms with Crippen molar-refractivity contribution in [3.63, 3.8) is 0 Å². The van der Waals surface area contributed by atoms with E-state index >= 15 is 0 Å². The fourth-order valence-electron chi connectivity index (χ4n) is 2.99. The van der Waals surface area contributed by atoms with Crippen molar-refractivity contribution in [2.24, 2.45) is 5.92 Å². The summed E-state index contributed by atoms with van der Waals surface area (Å²) in [7, 11) is 0. The topological polar surface area (TPSA) is 71.8 Å². The second-order valence-corrected chi connectivity index (χ2v) is 6.16. The average molecular weight is 342 g/mol. The van der Waals surface area contributed by atoms with E-state index < -0.39 is 0 Å². The number of rotatable bonds is 6. The zero-order valence-corrected chi connectivity index (χ0v) is 14.2. The monoisotopic (exact) mass is 342 g/mol. The number of hydrogen-bond donors (Lipinski definition) is 1. The quantitative estimate of drug-likeness (QED) is 0.876. The first-order valence-electron chi connectivity index (χ1n) is 8.41. The van der Waals surface area contributed by atoms with Crippen molar-refractivity contribution in [2.75, 3.05) is 18.5 Å². The number of nitrogens with zero attached hydrogens (tertiary/aromatic N) is 1. The molecular formula is C19H22N2O4. The summed E-state index contributed by atoms with van der Waals surface area (Å²) in [6.07, 6.45) is 2.10. The van der Waals surface area contributed by atoms with E-state index in [1.165, 1.54) is 4.90 Å². The van der Waals surface area contributed by atoms with Gasteiger partial charge in [-0.2, -0.15) is 0 Å². The summed E-state index contributed by atoms with van der Waals surface area (Å²) in [4.78, 5) is 26.8. The molecule has 6 nitrogen and oxygen atoms in total. The molecule has 2 atom stereocenters. The van der Waals surface area contributed by atoms with Crippen LogP contribution in [0.2, 0.25) is 0 Å². The molecular weight excluding hydrogens is 320 g/mol. The molecule has 1 fully saturated rings. The van der Waals surface area contributed by atoms with E-state index in [4.69, 9.17) is 9.15 Å². The van der Waals surface area contributed by atoms with Crippen LogP contribution in [0.25, 0.3) is 0 Å². The summed E-state index contributed by atoms with van der Waals surface area (Å²) in [6, 6.07) is 12.8. The first kappa shape index (κ1) is 17.2. The van der Waals surface area contributed by atoms with Crippen LogP contribution in [-0.2, 0) is 20.9 Å². The predicted molar refractivity (Wildman–Crippen MR) is 92.7 cm³/mol. The van der Waals surface area contributed by atoms with Crippen molar-refractivity contribution in [2.45, 2.75) is 26.0 Å². The molecule has 0 saturated carbocycles. The SMILES string of the molecule is C[C@H]1OCC[C@@H]1C(=O)N(CC(=O)Nc1ccccc1)Cc1ccco1. The van der Waals surface area contributed by atoms with Crippen LogP contribution in [0.4, 0.5) is 5.69 Å². The molecule has 0 unspecified atom stereocenters. The molecule has 0 bridgehead atoms. The van der Waals surface area contributed by atoms with Gasteiger partial charge in [-0.25, -0.2) is 0 Å². The van der Waals surface area contributed by atoms with Gasteiger partial charge in [-0.3, -0.25) is 9.59 Å². The molecule has 0 spiro atoms. The van der Waals surface area contributed by atoms with Crippen LogP contribution in [0.15, 0.2) is 53.1 Å². The number of carbonyl (C=O) groups excluding carboxylic acids is 2. The Morgan fingerprint density at radius 1 is 1.20 bits per heavy atom. The molecule has 6 heteroatoms. The Hall–Kier alpha value is -2.60. The number of hydrogen-bond acceptors (Lipinski definition) is 4. The van der Waals surface area contributed by atoms with E-state index in [0.717, 1.165) is 0 Å². The highest BCUT2D eigenvalue weighted by Crippen LogP contribution is 2.23. The van der Waals surface area contributed by atoms with E-state index in [-0.39, 0.29) is 36.9 Å². The number of nitrogens with one attached hydrogen (secondary N) is 1. The minimum Gasteiger partial charge on any atom is -0.467 e. The normalized spacial score (nSPS) is 19.6. The lowest BCUT2D eigenvalue weighted by Gasteiger charge is -2.25. The van der Waals surface area contributed by atoms with E-state index in [1.54, 1.807) is 18.4 Å². The maximum Gasteiger partial charge on any atom is 0.244 e. The van der Waals surface area contributed by atoms with Crippen molar-refractivity contribution in [1.29, 1.82) is 0 Å². The van der Waals surface area contributed by atoms with Crippen molar-refractivity contribution in [3.05, 3.63) is 54.5 Å². The zero-order valence-electron chi connectivity index (χ0n) is 14.2. The van der Waals surface area contributed by atoms with Crippen molar-refractivity contribution in [3.8, 4) is 0 Å². The standard InChI is InChI=1S/C19H22N2O4/c1-14-17(9-11-24-14)19(23)21(12-16-8-5-10-25-16)13-18(22)20-15-6-3-2-4-7-15/h2-8,10,14,17H,9,11-13H2,1H3,(H,20,22)/t14-,17+/m1/s1. The number of ether oxygens (including phenoxy) is 1. The molecule has 2 heterocycles. The van der Waals surface area contributed by atoms with E-state index in [1.807, 2.05) is 37.3 Å². The number of furan rings is 1. The average Bonchev–Trinajstić information content (AvgIpc) is 3.26. The molecule has 1 N–H and O–H groups in total. The first-order valence-corrected chi connectivity index (χ1v) is 8.41. The third kappa shape index (κ3) is 4.48. The molecule has 1 aromatic heterocycles. The second kappa shape index (κ2) is 7.98. The van der Waals surface area contributed by atoms with Gasteiger partial charge in [0.05, 0.1) is 24.8 Å². The lowest BCUT2D eigenvalue weighted by Crippen LogP contribution is -2.42. The van der Waals surface area contributed by atoms with Gasteiger partial charge in [-0.15, -0.1) is 0 Å². The van der Waals surface area contributed by atoms with Gasteiger partial charge in [-0.1, -0.05) is 18.2 Å². The molecule has 2 aromatic rings. The fraction of sp³-hybridized carbons (Fsp3) is 0.368. The summed E-state index contributed by atoms with van der Waals surface area (Å²) >= 11 is 0. The Morgan fingerprint density at radius 3 is 2.64 bits per heavy atom. The summed E-state index contributed by atoms with van der Waals surface area (Å²) in [5.41, 5.74) is 0.704. The summed E-state index contributed by atoms with van der Waals surface area (Å²) in [5, 5.41) is 2.81. The molecule has 132 valence electrons. The summed E-state index contributed by atoms with van der Waals surface area (Å²) in [5.74, 6) is 0.106. The summed E-state index contributed by atoms with van der Waals surface area (Å²) in [6.45, 7) is 2.70. The molecule has 1 saturated heterocycles. The van der Waals surface area contributed by atoms with Crippen LogP contribution in [0.3, 0.4) is 0 Å². The van der Waals surface area contributed by atoms with Crippen LogP contribution < -0.4 is 5.32 Å². The highest BCUT2D eigenvalue weighted by molar-refractivity contribution is 5.94. The second-order valence-electron chi connectivity index (χ2n) is 6.16. The van der Waals surface area contributed by atoms with Crippen molar-refractivity contribution < 1.29 is 18.7 Å². The van der Waals surface area contributed by atoms with Crippen LogP contribution in [0.5, 0.6) is 0 Å². The van der Waals surface area contributed by atoms with Gasteiger partial charge in [0.25, 0.3) is 0 Å². The van der Waals surface area contributed by atoms with Gasteiger partial charge in [0.1, 0.15) is 12.3 Å². The van der Waals surface area contributed by atoms with Gasteiger partial charge < -0.3 is 19.4 Å². The van der Waals surface area contributed by atoms with Crippen molar-refractivity contribution in [1.82, 2.24) is 4.90 Å². The van der Waals surface area contributed by atoms with E-state index in [2.05, 4.69) is 5.32 Å². The molecule has 1 aromatic carbocycles. The van der Waals surface area contributed by atoms with Crippen LogP contribution in [0.1, 0.15) is 19.1 Å². The first-order chi connectivity index (χ1) is 12.1. The Morgan fingerprint density at radius 2 is 2.00 bits per heavy atom. The van der Waals surface area contributed by atoms with E-state index in [9.17, 15) is 9.59 Å². The number of para-hydroxylation sites is 1. The van der Waals surface area contributed by atoms with Gasteiger partial charge >= 0.3 is 0 Å². The van der Waals surface area contributed by atoms with Gasteiger partial charge in [-0.05, 0) is 37.6 Å². The molecule has 0 radical (unpaired) electrons. The third-order valence-corrected chi connectivity index (χ3v) is 4.32. The largest absolute Gasteiger partial charge is 0.467 e. The molecule has 3 rings (SSSR count). The van der Waals surface area contributed by atoms with Crippen LogP contribution >= 0.6 is 0 Å². The van der Waals surface area contributed by atoms with Crippen molar-refractivity contribution >= 4 is 17.5 Å². The fourth-order valence-corrected chi connectivity index (χ4v) is 2.99. The molecule has 25 heavy (non-hydrogen) atoms. The minimum absolute atomic E-state index is 0.0301. The smallest absolute Gasteiger partial charge is 0.244 e. The predicted octanol–water partition coefficient (Wildman–Crippen LogP) is 2.67. The Kier molecular flexibility index (Phi) is 5.50. The highest BCUT2D eigenvalue weighted by atomic mass is 16.5. The Labute approximate surface area is 146 Å². The number of carbonyl (C=O) groups is 2. The molecule has 1 aliphatic heterocycles. The van der Waals surface area contributed by atoms with Gasteiger partial charge in [0.2, 0.25) is 11.8 Å². The third-order valence-electron chi connectivity index (χ3n) is 4.32. The molecule has 1 aliphatic rings. The number of amides is 2. The Balaban J connectivity index is 1.69. The highest BCUT2D eigenvalue weighted by Gasteiger charge is 2.34. The van der Waals surface area contributed by atoms with E-state index in [0.29, 0.717) is 24.5 Å².